The summed E-state index contributed by atoms with van der Waals surface area (Å²) in [6.07, 6.45) is 5.92. The summed E-state index contributed by atoms with van der Waals surface area (Å²) in [5.41, 5.74) is 0. The first-order valence-electron chi connectivity index (χ1n) is 3.24. The Labute approximate surface area is 56.1 Å². The van der Waals surface area contributed by atoms with Crippen LogP contribution in [0.15, 0.2) is 17.4 Å². The monoisotopic (exact) mass is 125 g/mol. The molecule has 9 heavy (non-hydrogen) atoms. The number of quaternary nitrogens is 1. The number of rotatable bonds is 1. The van der Waals surface area contributed by atoms with Crippen molar-refractivity contribution in [1.82, 2.24) is 0 Å². The molecular formula is C7H13N2+. The van der Waals surface area contributed by atoms with Crippen LogP contribution in [0.1, 0.15) is 13.8 Å². The second-order valence-corrected chi connectivity index (χ2v) is 2.80. The van der Waals surface area contributed by atoms with Crippen LogP contribution in [0.2, 0.25) is 0 Å². The second-order valence-electron chi connectivity index (χ2n) is 2.80. The van der Waals surface area contributed by atoms with Crippen LogP contribution < -0.4 is 0 Å². The molecule has 0 aliphatic carbocycles. The SMILES string of the molecule is CC(C)[N+]1(C)C=CC=N1. The molecule has 0 aromatic rings. The van der Waals surface area contributed by atoms with Gasteiger partial charge in [0, 0.05) is 6.08 Å². The zero-order valence-corrected chi connectivity index (χ0v) is 6.20. The van der Waals surface area contributed by atoms with E-state index in [2.05, 4.69) is 32.2 Å². The second kappa shape index (κ2) is 1.95. The summed E-state index contributed by atoms with van der Waals surface area (Å²) < 4.78 is 0.694. The summed E-state index contributed by atoms with van der Waals surface area (Å²) >= 11 is 0. The maximum atomic E-state index is 4.27. The summed E-state index contributed by atoms with van der Waals surface area (Å²) in [7, 11) is 2.09. The van der Waals surface area contributed by atoms with Gasteiger partial charge in [0.15, 0.2) is 0 Å². The molecular weight excluding hydrogens is 112 g/mol. The fraction of sp³-hybridized carbons (Fsp3) is 0.571. The molecule has 0 saturated carbocycles. The third kappa shape index (κ3) is 1.03. The third-order valence-electron chi connectivity index (χ3n) is 1.83. The maximum Gasteiger partial charge on any atom is 0.124 e. The molecule has 2 heteroatoms. The van der Waals surface area contributed by atoms with Crippen molar-refractivity contribution in [2.24, 2.45) is 5.10 Å². The van der Waals surface area contributed by atoms with E-state index in [1.54, 1.807) is 0 Å². The van der Waals surface area contributed by atoms with Crippen LogP contribution in [-0.4, -0.2) is 23.9 Å². The molecule has 0 N–H and O–H groups in total. The Kier molecular flexibility index (Phi) is 1.41. The van der Waals surface area contributed by atoms with Gasteiger partial charge >= 0.3 is 0 Å². The smallest absolute Gasteiger partial charge is 0.124 e. The van der Waals surface area contributed by atoms with E-state index in [0.29, 0.717) is 10.6 Å². The number of allylic oxidation sites excluding steroid dienone is 1. The zero-order chi connectivity index (χ0) is 6.91. The third-order valence-corrected chi connectivity index (χ3v) is 1.83. The predicted octanol–water partition coefficient (Wildman–Crippen LogP) is 1.35. The van der Waals surface area contributed by atoms with Gasteiger partial charge in [-0.3, -0.25) is 0 Å². The minimum Gasteiger partial charge on any atom is -0.173 e. The highest BCUT2D eigenvalue weighted by Gasteiger charge is 2.24. The highest BCUT2D eigenvalue weighted by atomic mass is 15.6. The van der Waals surface area contributed by atoms with Crippen LogP contribution in [-0.2, 0) is 0 Å². The zero-order valence-electron chi connectivity index (χ0n) is 6.20. The maximum absolute atomic E-state index is 4.27. The van der Waals surface area contributed by atoms with Gasteiger partial charge in [0.05, 0.1) is 13.3 Å². The van der Waals surface area contributed by atoms with Crippen molar-refractivity contribution in [3.63, 3.8) is 0 Å². The summed E-state index contributed by atoms with van der Waals surface area (Å²) in [5.74, 6) is 0. The fourth-order valence-corrected chi connectivity index (χ4v) is 0.739. The molecule has 2 nitrogen and oxygen atoms in total. The standard InChI is InChI=1S/C7H13N2/c1-7(2)9(3)6-4-5-8-9/h4-7H,1-3H3/q+1. The van der Waals surface area contributed by atoms with Crippen molar-refractivity contribution in [2.75, 3.05) is 7.05 Å². The van der Waals surface area contributed by atoms with Crippen molar-refractivity contribution in [3.8, 4) is 0 Å². The van der Waals surface area contributed by atoms with Gasteiger partial charge in [0.1, 0.15) is 12.2 Å². The lowest BCUT2D eigenvalue weighted by Gasteiger charge is -2.24. The quantitative estimate of drug-likeness (QED) is 0.469. The molecule has 1 aliphatic heterocycles. The molecule has 0 saturated heterocycles. The van der Waals surface area contributed by atoms with Gasteiger partial charge in [-0.25, -0.2) is 0 Å². The Morgan fingerprint density at radius 2 is 2.11 bits per heavy atom. The lowest BCUT2D eigenvalue weighted by molar-refractivity contribution is -0.885. The molecule has 1 atom stereocenters. The Balaban J connectivity index is 2.75. The van der Waals surface area contributed by atoms with Crippen LogP contribution >= 0.6 is 0 Å². The minimum atomic E-state index is 0.542. The van der Waals surface area contributed by atoms with Gasteiger partial charge < -0.3 is 0 Å². The van der Waals surface area contributed by atoms with Gasteiger partial charge in [-0.15, -0.1) is 0 Å². The molecule has 1 rings (SSSR count). The topological polar surface area (TPSA) is 12.4 Å². The van der Waals surface area contributed by atoms with Gasteiger partial charge in [-0.2, -0.15) is 4.59 Å². The van der Waals surface area contributed by atoms with E-state index in [4.69, 9.17) is 0 Å². The van der Waals surface area contributed by atoms with Gasteiger partial charge in [-0.1, -0.05) is 5.10 Å². The molecule has 0 aromatic carbocycles. The van der Waals surface area contributed by atoms with E-state index in [1.807, 2.05) is 12.3 Å². The van der Waals surface area contributed by atoms with Crippen molar-refractivity contribution in [1.29, 1.82) is 0 Å². The summed E-state index contributed by atoms with van der Waals surface area (Å²) in [6, 6.07) is 0.542. The summed E-state index contributed by atoms with van der Waals surface area (Å²) in [5, 5.41) is 4.27. The highest BCUT2D eigenvalue weighted by molar-refractivity contribution is 5.71. The van der Waals surface area contributed by atoms with E-state index in [1.165, 1.54) is 0 Å². The van der Waals surface area contributed by atoms with Crippen LogP contribution in [0.25, 0.3) is 0 Å². The van der Waals surface area contributed by atoms with Crippen molar-refractivity contribution >= 4 is 6.21 Å². The first-order chi connectivity index (χ1) is 4.15. The predicted molar refractivity (Wildman–Crippen MR) is 39.0 cm³/mol. The first kappa shape index (κ1) is 6.49. The molecule has 1 unspecified atom stereocenters. The molecule has 1 aliphatic rings. The average molecular weight is 125 g/mol. The van der Waals surface area contributed by atoms with E-state index >= 15 is 0 Å². The van der Waals surface area contributed by atoms with Crippen LogP contribution in [0.3, 0.4) is 0 Å². The average Bonchev–Trinajstić information content (AvgIpc) is 2.16. The lowest BCUT2D eigenvalue weighted by Crippen LogP contribution is -2.37. The van der Waals surface area contributed by atoms with E-state index in [9.17, 15) is 0 Å². The van der Waals surface area contributed by atoms with E-state index in [-0.39, 0.29) is 0 Å². The Morgan fingerprint density at radius 3 is 2.33 bits per heavy atom. The lowest BCUT2D eigenvalue weighted by atomic mass is 10.3. The van der Waals surface area contributed by atoms with E-state index < -0.39 is 0 Å². The molecule has 0 spiro atoms. The van der Waals surface area contributed by atoms with Crippen LogP contribution in [0.4, 0.5) is 0 Å². The minimum absolute atomic E-state index is 0.542. The van der Waals surface area contributed by atoms with Gasteiger partial charge in [-0.05, 0) is 13.8 Å². The number of hydrogen-bond donors (Lipinski definition) is 0. The summed E-state index contributed by atoms with van der Waals surface area (Å²) in [6.45, 7) is 4.32. The van der Waals surface area contributed by atoms with Crippen molar-refractivity contribution in [2.45, 2.75) is 19.9 Å². The Morgan fingerprint density at radius 1 is 1.44 bits per heavy atom. The van der Waals surface area contributed by atoms with Crippen molar-refractivity contribution < 1.29 is 4.59 Å². The molecule has 0 aromatic heterocycles. The Hall–Kier alpha value is -0.630. The van der Waals surface area contributed by atoms with Gasteiger partial charge in [0.2, 0.25) is 0 Å². The first-order valence-corrected chi connectivity index (χ1v) is 3.24. The Bertz CT molecular complexity index is 144. The highest BCUT2D eigenvalue weighted by Crippen LogP contribution is 2.14. The number of nitrogens with zero attached hydrogens (tertiary/aromatic N) is 2. The molecule has 0 radical (unpaired) electrons. The summed E-state index contributed by atoms with van der Waals surface area (Å²) in [4.78, 5) is 0. The number of hydrogen-bond acceptors (Lipinski definition) is 1. The molecule has 50 valence electrons. The molecule has 1 heterocycles. The van der Waals surface area contributed by atoms with Gasteiger partial charge in [0.25, 0.3) is 0 Å². The molecule has 0 bridgehead atoms. The van der Waals surface area contributed by atoms with Crippen molar-refractivity contribution in [3.05, 3.63) is 12.3 Å². The largest absolute Gasteiger partial charge is 0.173 e. The molecule has 0 fully saturated rings. The van der Waals surface area contributed by atoms with Crippen LogP contribution in [0.5, 0.6) is 0 Å². The fourth-order valence-electron chi connectivity index (χ4n) is 0.739. The normalized spacial score (nSPS) is 32.4. The van der Waals surface area contributed by atoms with Crippen LogP contribution in [0, 0.1) is 0 Å². The van der Waals surface area contributed by atoms with E-state index in [0.717, 1.165) is 0 Å². The molecule has 0 amide bonds.